The number of aliphatic carboxylic acids is 1. The Balaban J connectivity index is 2.50. The Bertz CT molecular complexity index is 762. The number of hydrogen-bond donors (Lipinski definition) is 0. The van der Waals surface area contributed by atoms with Crippen molar-refractivity contribution in [1.82, 2.24) is 0 Å². The Hall–Kier alpha value is -1.95. The third kappa shape index (κ3) is 3.43. The Morgan fingerprint density at radius 2 is 1.71 bits per heavy atom. The molecule has 130 valence electrons. The van der Waals surface area contributed by atoms with E-state index in [0.717, 1.165) is 0 Å². The molecule has 0 spiro atoms. The van der Waals surface area contributed by atoms with Crippen LogP contribution in [0.15, 0.2) is 46.2 Å². The third-order valence-corrected chi connectivity index (χ3v) is 6.45. The maximum atomic E-state index is 12.9. The zero-order valence-electron chi connectivity index (χ0n) is 13.9. The molecule has 6 heteroatoms. The highest BCUT2D eigenvalue weighted by molar-refractivity contribution is 7.95. The quantitative estimate of drug-likeness (QED) is 0.778. The fourth-order valence-corrected chi connectivity index (χ4v) is 4.71. The number of sulfone groups is 1. The number of allylic oxidation sites excluding steroid dienone is 2. The summed E-state index contributed by atoms with van der Waals surface area (Å²) < 4.78 is 25.9. The molecule has 5 nitrogen and oxygen atoms in total. The van der Waals surface area contributed by atoms with E-state index in [0.29, 0.717) is 0 Å². The highest BCUT2D eigenvalue weighted by Crippen LogP contribution is 2.41. The number of rotatable bonds is 6. The fraction of sp³-hybridized carbons (Fsp3) is 0.444. The van der Waals surface area contributed by atoms with Crippen LogP contribution in [0.5, 0.6) is 0 Å². The van der Waals surface area contributed by atoms with Crippen LogP contribution in [-0.2, 0) is 19.4 Å². The molecule has 1 aromatic rings. The molecular weight excluding hydrogens is 328 g/mol. The average Bonchev–Trinajstić information content (AvgIpc) is 2.99. The lowest BCUT2D eigenvalue weighted by Gasteiger charge is -2.20. The molecule has 1 aliphatic carbocycles. The number of benzene rings is 1. The van der Waals surface area contributed by atoms with Gasteiger partial charge in [-0.3, -0.25) is 4.79 Å². The largest absolute Gasteiger partial charge is 0.550 e. The van der Waals surface area contributed by atoms with E-state index >= 15 is 0 Å². The standard InChI is InChI=1S/C18H22O5S/c1-11(2)17(19)15-9-13(12(3)18(20)21)10-16(15)24(22,23)14-7-5-4-6-8-14/h4-8,10-13,15H,9H2,1-3H3,(H,20,21)/p-1. The van der Waals surface area contributed by atoms with Gasteiger partial charge in [-0.2, -0.15) is 0 Å². The van der Waals surface area contributed by atoms with Gasteiger partial charge in [0.2, 0.25) is 9.84 Å². The summed E-state index contributed by atoms with van der Waals surface area (Å²) in [4.78, 5) is 23.8. The number of carbonyl (C=O) groups excluding carboxylic acids is 2. The Morgan fingerprint density at radius 1 is 1.12 bits per heavy atom. The summed E-state index contributed by atoms with van der Waals surface area (Å²) in [5.74, 6) is -3.95. The lowest BCUT2D eigenvalue weighted by Crippen LogP contribution is -2.33. The van der Waals surface area contributed by atoms with E-state index in [4.69, 9.17) is 0 Å². The summed E-state index contributed by atoms with van der Waals surface area (Å²) in [5, 5.41) is 11.1. The Labute approximate surface area is 142 Å². The number of ketones is 1. The predicted octanol–water partition coefficient (Wildman–Crippen LogP) is 1.59. The van der Waals surface area contributed by atoms with Crippen molar-refractivity contribution in [1.29, 1.82) is 0 Å². The first-order chi connectivity index (χ1) is 11.2. The molecule has 0 aromatic heterocycles. The number of hydrogen-bond acceptors (Lipinski definition) is 5. The van der Waals surface area contributed by atoms with Gasteiger partial charge in [0, 0.05) is 17.8 Å². The molecule has 1 aromatic carbocycles. The van der Waals surface area contributed by atoms with Crippen LogP contribution in [0.25, 0.3) is 0 Å². The van der Waals surface area contributed by atoms with E-state index in [9.17, 15) is 23.1 Å². The van der Waals surface area contributed by atoms with Gasteiger partial charge in [-0.25, -0.2) is 8.42 Å². The van der Waals surface area contributed by atoms with Crippen LogP contribution < -0.4 is 5.11 Å². The number of Topliss-reactive ketones (excluding diaryl/α,β-unsaturated/α-hetero) is 1. The first-order valence-corrected chi connectivity index (χ1v) is 9.41. The molecule has 0 aliphatic heterocycles. The van der Waals surface area contributed by atoms with Crippen molar-refractivity contribution < 1.29 is 23.1 Å². The van der Waals surface area contributed by atoms with E-state index in [-0.39, 0.29) is 27.9 Å². The first-order valence-electron chi connectivity index (χ1n) is 7.92. The summed E-state index contributed by atoms with van der Waals surface area (Å²) in [5.41, 5.74) is 0. The molecule has 0 saturated heterocycles. The second-order valence-corrected chi connectivity index (χ2v) is 8.45. The minimum atomic E-state index is -3.83. The van der Waals surface area contributed by atoms with Gasteiger partial charge in [0.25, 0.3) is 0 Å². The maximum Gasteiger partial charge on any atom is 0.203 e. The number of carboxylic acid groups (broad SMARTS) is 1. The molecule has 0 N–H and O–H groups in total. The molecule has 24 heavy (non-hydrogen) atoms. The maximum absolute atomic E-state index is 12.9. The van der Waals surface area contributed by atoms with Gasteiger partial charge in [-0.15, -0.1) is 0 Å². The molecule has 0 heterocycles. The smallest absolute Gasteiger partial charge is 0.203 e. The Kier molecular flexibility index (Phi) is 5.28. The number of carboxylic acids is 1. The van der Waals surface area contributed by atoms with Crippen LogP contribution in [0, 0.1) is 23.7 Å². The zero-order chi connectivity index (χ0) is 18.1. The lowest BCUT2D eigenvalue weighted by molar-refractivity contribution is -0.312. The van der Waals surface area contributed by atoms with Crippen LogP contribution in [0.2, 0.25) is 0 Å². The van der Waals surface area contributed by atoms with Crippen molar-refractivity contribution in [3.05, 3.63) is 41.3 Å². The summed E-state index contributed by atoms with van der Waals surface area (Å²) >= 11 is 0. The minimum absolute atomic E-state index is 0.0190. The van der Waals surface area contributed by atoms with E-state index in [2.05, 4.69) is 0 Å². The number of carbonyl (C=O) groups is 2. The summed E-state index contributed by atoms with van der Waals surface area (Å²) in [6.45, 7) is 4.90. The van der Waals surface area contributed by atoms with E-state index in [1.54, 1.807) is 32.0 Å². The molecule has 0 bridgehead atoms. The van der Waals surface area contributed by atoms with E-state index < -0.39 is 33.6 Å². The third-order valence-electron chi connectivity index (χ3n) is 4.52. The fourth-order valence-electron chi connectivity index (χ4n) is 2.98. The van der Waals surface area contributed by atoms with Crippen molar-refractivity contribution in [2.75, 3.05) is 0 Å². The minimum Gasteiger partial charge on any atom is -0.550 e. The van der Waals surface area contributed by atoms with Gasteiger partial charge in [0.1, 0.15) is 5.78 Å². The zero-order valence-corrected chi connectivity index (χ0v) is 14.7. The lowest BCUT2D eigenvalue weighted by atomic mass is 9.87. The second kappa shape index (κ2) is 6.89. The van der Waals surface area contributed by atoms with Crippen molar-refractivity contribution in [2.24, 2.45) is 23.7 Å². The molecule has 3 unspecified atom stereocenters. The highest BCUT2D eigenvalue weighted by atomic mass is 32.2. The van der Waals surface area contributed by atoms with Crippen molar-refractivity contribution >= 4 is 21.6 Å². The van der Waals surface area contributed by atoms with Gasteiger partial charge in [0.15, 0.2) is 0 Å². The van der Waals surface area contributed by atoms with Gasteiger partial charge in [0.05, 0.1) is 15.7 Å². The SMILES string of the molecule is CC(C)C(=O)C1CC(C(C)C(=O)[O-])C=C1S(=O)(=O)c1ccccc1. The van der Waals surface area contributed by atoms with Crippen molar-refractivity contribution in [3.63, 3.8) is 0 Å². The highest BCUT2D eigenvalue weighted by Gasteiger charge is 2.41. The summed E-state index contributed by atoms with van der Waals surface area (Å²) in [6.07, 6.45) is 1.63. The predicted molar refractivity (Wildman–Crippen MR) is 87.3 cm³/mol. The summed E-state index contributed by atoms with van der Waals surface area (Å²) in [6, 6.07) is 7.89. The Morgan fingerprint density at radius 3 is 2.21 bits per heavy atom. The van der Waals surface area contributed by atoms with E-state index in [1.807, 2.05) is 0 Å². The summed E-state index contributed by atoms with van der Waals surface area (Å²) in [7, 11) is -3.83. The van der Waals surface area contributed by atoms with E-state index in [1.165, 1.54) is 25.1 Å². The van der Waals surface area contributed by atoms with Crippen molar-refractivity contribution in [3.8, 4) is 0 Å². The van der Waals surface area contributed by atoms with Crippen LogP contribution in [0.4, 0.5) is 0 Å². The molecule has 0 radical (unpaired) electrons. The average molecular weight is 349 g/mol. The molecule has 0 fully saturated rings. The second-order valence-electron chi connectivity index (χ2n) is 6.50. The molecule has 3 atom stereocenters. The topological polar surface area (TPSA) is 91.3 Å². The van der Waals surface area contributed by atoms with Crippen LogP contribution in [-0.4, -0.2) is 20.2 Å². The monoisotopic (exact) mass is 349 g/mol. The van der Waals surface area contributed by atoms with Crippen LogP contribution in [0.3, 0.4) is 0 Å². The van der Waals surface area contributed by atoms with Gasteiger partial charge >= 0.3 is 0 Å². The molecule has 0 saturated carbocycles. The van der Waals surface area contributed by atoms with Gasteiger partial charge in [-0.1, -0.05) is 45.0 Å². The molecule has 0 amide bonds. The molecule has 1 aliphatic rings. The normalized spacial score (nSPS) is 22.2. The van der Waals surface area contributed by atoms with Crippen LogP contribution >= 0.6 is 0 Å². The first kappa shape index (κ1) is 18.4. The molecular formula is C18H21O5S-. The van der Waals surface area contributed by atoms with Crippen LogP contribution in [0.1, 0.15) is 27.2 Å². The molecule has 2 rings (SSSR count). The van der Waals surface area contributed by atoms with Gasteiger partial charge < -0.3 is 9.90 Å². The van der Waals surface area contributed by atoms with Gasteiger partial charge in [-0.05, 0) is 24.5 Å². The van der Waals surface area contributed by atoms with Crippen molar-refractivity contribution in [2.45, 2.75) is 32.1 Å².